The van der Waals surface area contributed by atoms with E-state index >= 15 is 0 Å². The number of ether oxygens (including phenoxy) is 2. The van der Waals surface area contributed by atoms with Crippen molar-refractivity contribution in [1.29, 1.82) is 0 Å². The molecule has 2 aromatic carbocycles. The number of ketones is 1. The lowest BCUT2D eigenvalue weighted by molar-refractivity contribution is 0.0989. The average Bonchev–Trinajstić information content (AvgIpc) is 2.50. The molecule has 0 fully saturated rings. The summed E-state index contributed by atoms with van der Waals surface area (Å²) < 4.78 is 23.9. The third-order valence-corrected chi connectivity index (χ3v) is 3.30. The normalized spacial score (nSPS) is 10.3. The smallest absolute Gasteiger partial charge is 0.171 e. The van der Waals surface area contributed by atoms with E-state index in [1.165, 1.54) is 32.4 Å². The molecule has 0 aliphatic heterocycles. The number of carbonyl (C=O) groups excluding carboxylic acids is 1. The van der Waals surface area contributed by atoms with E-state index in [4.69, 9.17) is 21.1 Å². The fourth-order valence-corrected chi connectivity index (χ4v) is 2.17. The molecule has 0 saturated heterocycles. The van der Waals surface area contributed by atoms with Crippen LogP contribution in [0.1, 0.15) is 15.9 Å². The van der Waals surface area contributed by atoms with Crippen LogP contribution in [-0.4, -0.2) is 20.0 Å². The maximum atomic E-state index is 13.7. The summed E-state index contributed by atoms with van der Waals surface area (Å²) >= 11 is 5.83. The highest BCUT2D eigenvalue weighted by atomic mass is 35.5. The summed E-state index contributed by atoms with van der Waals surface area (Å²) in [5.74, 6) is 0.259. The zero-order chi connectivity index (χ0) is 15.4. The van der Waals surface area contributed by atoms with Gasteiger partial charge in [0.15, 0.2) is 5.78 Å². The van der Waals surface area contributed by atoms with E-state index in [0.717, 1.165) is 0 Å². The lowest BCUT2D eigenvalue weighted by Gasteiger charge is -2.10. The van der Waals surface area contributed by atoms with Crippen LogP contribution in [0.2, 0.25) is 5.02 Å². The van der Waals surface area contributed by atoms with Gasteiger partial charge in [-0.25, -0.2) is 4.39 Å². The molecule has 0 bridgehead atoms. The fourth-order valence-electron chi connectivity index (χ4n) is 1.98. The lowest BCUT2D eigenvalue weighted by Crippen LogP contribution is -2.07. The van der Waals surface area contributed by atoms with Gasteiger partial charge in [-0.05, 0) is 35.9 Å². The number of hydrogen-bond acceptors (Lipinski definition) is 3. The van der Waals surface area contributed by atoms with Gasteiger partial charge in [0.25, 0.3) is 0 Å². The van der Waals surface area contributed by atoms with Crippen molar-refractivity contribution in [3.63, 3.8) is 0 Å². The van der Waals surface area contributed by atoms with Crippen molar-refractivity contribution in [2.24, 2.45) is 0 Å². The Morgan fingerprint density at radius 1 is 1.14 bits per heavy atom. The number of benzene rings is 2. The van der Waals surface area contributed by atoms with Gasteiger partial charge in [0.05, 0.1) is 19.8 Å². The number of rotatable bonds is 5. The summed E-state index contributed by atoms with van der Waals surface area (Å²) in [6, 6.07) is 9.01. The van der Waals surface area contributed by atoms with Crippen molar-refractivity contribution in [2.75, 3.05) is 14.2 Å². The molecule has 3 nitrogen and oxygen atoms in total. The van der Waals surface area contributed by atoms with Gasteiger partial charge < -0.3 is 9.47 Å². The number of halogens is 2. The minimum atomic E-state index is -0.458. The molecule has 0 heterocycles. The second-order valence-electron chi connectivity index (χ2n) is 4.40. The van der Waals surface area contributed by atoms with Gasteiger partial charge in [-0.2, -0.15) is 0 Å². The molecule has 0 amide bonds. The van der Waals surface area contributed by atoms with E-state index in [0.29, 0.717) is 22.1 Å². The molecular formula is C16H14ClFO3. The van der Waals surface area contributed by atoms with Crippen LogP contribution in [0.15, 0.2) is 36.4 Å². The molecule has 0 aliphatic rings. The Morgan fingerprint density at radius 2 is 1.90 bits per heavy atom. The molecule has 2 aromatic rings. The Kier molecular flexibility index (Phi) is 4.81. The molecule has 5 heteroatoms. The topological polar surface area (TPSA) is 35.5 Å². The predicted molar refractivity (Wildman–Crippen MR) is 79.0 cm³/mol. The Balaban J connectivity index is 2.30. The first kappa shape index (κ1) is 15.3. The fraction of sp³-hybridized carbons (Fsp3) is 0.188. The third-order valence-electron chi connectivity index (χ3n) is 3.07. The summed E-state index contributed by atoms with van der Waals surface area (Å²) in [6.07, 6.45) is -0.0882. The zero-order valence-electron chi connectivity index (χ0n) is 11.7. The van der Waals surface area contributed by atoms with Crippen LogP contribution in [0, 0.1) is 5.82 Å². The van der Waals surface area contributed by atoms with Crippen LogP contribution in [0.5, 0.6) is 11.5 Å². The standard InChI is InChI=1S/C16H14ClFO3/c1-20-12-4-5-13(16(9-12)21-2)15(19)8-10-7-11(17)3-6-14(10)18/h3-7,9H,8H2,1-2H3. The quantitative estimate of drug-likeness (QED) is 0.785. The molecule has 0 unspecified atom stereocenters. The Bertz CT molecular complexity index is 671. The van der Waals surface area contributed by atoms with E-state index in [9.17, 15) is 9.18 Å². The van der Waals surface area contributed by atoms with Crippen LogP contribution in [-0.2, 0) is 6.42 Å². The van der Waals surface area contributed by atoms with Crippen molar-refractivity contribution < 1.29 is 18.7 Å². The minimum absolute atomic E-state index is 0.0882. The second-order valence-corrected chi connectivity index (χ2v) is 4.84. The van der Waals surface area contributed by atoms with E-state index in [-0.39, 0.29) is 17.8 Å². The van der Waals surface area contributed by atoms with E-state index in [1.54, 1.807) is 18.2 Å². The first-order chi connectivity index (χ1) is 10.0. The minimum Gasteiger partial charge on any atom is -0.497 e. The molecule has 0 atom stereocenters. The second kappa shape index (κ2) is 6.59. The third kappa shape index (κ3) is 3.52. The van der Waals surface area contributed by atoms with Crippen LogP contribution in [0.3, 0.4) is 0 Å². The summed E-state index contributed by atoms with van der Waals surface area (Å²) in [5, 5.41) is 0.390. The Hall–Kier alpha value is -2.07. The number of Topliss-reactive ketones (excluding diaryl/α,β-unsaturated/α-hetero) is 1. The van der Waals surface area contributed by atoms with E-state index in [1.807, 2.05) is 0 Å². The highest BCUT2D eigenvalue weighted by molar-refractivity contribution is 6.30. The van der Waals surface area contributed by atoms with Crippen LogP contribution in [0.25, 0.3) is 0 Å². The van der Waals surface area contributed by atoms with Gasteiger partial charge in [-0.1, -0.05) is 11.6 Å². The Morgan fingerprint density at radius 3 is 2.57 bits per heavy atom. The number of hydrogen-bond donors (Lipinski definition) is 0. The number of carbonyl (C=O) groups is 1. The van der Waals surface area contributed by atoms with Gasteiger partial charge >= 0.3 is 0 Å². The molecule has 0 spiro atoms. The first-order valence-corrected chi connectivity index (χ1v) is 6.62. The summed E-state index contributed by atoms with van der Waals surface area (Å²) in [4.78, 5) is 12.3. The molecule has 0 N–H and O–H groups in total. The van der Waals surface area contributed by atoms with Crippen molar-refractivity contribution >= 4 is 17.4 Å². The molecule has 0 saturated carbocycles. The van der Waals surface area contributed by atoms with Crippen LogP contribution in [0.4, 0.5) is 4.39 Å². The summed E-state index contributed by atoms with van der Waals surface area (Å²) in [6.45, 7) is 0. The molecule has 110 valence electrons. The van der Waals surface area contributed by atoms with Crippen molar-refractivity contribution in [1.82, 2.24) is 0 Å². The highest BCUT2D eigenvalue weighted by Gasteiger charge is 2.16. The zero-order valence-corrected chi connectivity index (χ0v) is 12.4. The van der Waals surface area contributed by atoms with Crippen molar-refractivity contribution in [2.45, 2.75) is 6.42 Å². The highest BCUT2D eigenvalue weighted by Crippen LogP contribution is 2.26. The summed E-state index contributed by atoms with van der Waals surface area (Å²) in [5.41, 5.74) is 0.628. The molecule has 0 aliphatic carbocycles. The molecule has 0 radical (unpaired) electrons. The molecular weight excluding hydrogens is 295 g/mol. The molecule has 21 heavy (non-hydrogen) atoms. The number of methoxy groups -OCH3 is 2. The molecule has 2 rings (SSSR count). The van der Waals surface area contributed by atoms with Crippen molar-refractivity contribution in [3.05, 3.63) is 58.4 Å². The first-order valence-electron chi connectivity index (χ1n) is 6.24. The SMILES string of the molecule is COc1ccc(C(=O)Cc2cc(Cl)ccc2F)c(OC)c1. The van der Waals surface area contributed by atoms with Crippen molar-refractivity contribution in [3.8, 4) is 11.5 Å². The van der Waals surface area contributed by atoms with Crippen LogP contribution >= 0.6 is 11.6 Å². The van der Waals surface area contributed by atoms with E-state index < -0.39 is 5.82 Å². The predicted octanol–water partition coefficient (Wildman–Crippen LogP) is 3.92. The summed E-state index contributed by atoms with van der Waals surface area (Å²) in [7, 11) is 2.99. The largest absolute Gasteiger partial charge is 0.497 e. The van der Waals surface area contributed by atoms with Gasteiger partial charge in [-0.15, -0.1) is 0 Å². The lowest BCUT2D eigenvalue weighted by atomic mass is 10.0. The van der Waals surface area contributed by atoms with Gasteiger partial charge in [0.2, 0.25) is 0 Å². The maximum absolute atomic E-state index is 13.7. The maximum Gasteiger partial charge on any atom is 0.171 e. The van der Waals surface area contributed by atoms with Gasteiger partial charge in [0, 0.05) is 17.5 Å². The van der Waals surface area contributed by atoms with Crippen LogP contribution < -0.4 is 9.47 Å². The average molecular weight is 309 g/mol. The monoisotopic (exact) mass is 308 g/mol. The van der Waals surface area contributed by atoms with E-state index in [2.05, 4.69) is 0 Å². The van der Waals surface area contributed by atoms with Gasteiger partial charge in [-0.3, -0.25) is 4.79 Å². The van der Waals surface area contributed by atoms with Gasteiger partial charge in [0.1, 0.15) is 17.3 Å². The Labute approximate surface area is 127 Å². The molecule has 0 aromatic heterocycles.